The van der Waals surface area contributed by atoms with Gasteiger partial charge in [0.2, 0.25) is 0 Å². The summed E-state index contributed by atoms with van der Waals surface area (Å²) in [5.41, 5.74) is 1.07. The number of aromatic nitrogens is 1. The summed E-state index contributed by atoms with van der Waals surface area (Å²) in [6.45, 7) is 1.12. The van der Waals surface area contributed by atoms with Crippen molar-refractivity contribution in [3.63, 3.8) is 0 Å². The minimum Gasteiger partial charge on any atom is -0.376 e. The van der Waals surface area contributed by atoms with Crippen LogP contribution in [-0.4, -0.2) is 30.1 Å². The summed E-state index contributed by atoms with van der Waals surface area (Å²) < 4.78 is 6.66. The van der Waals surface area contributed by atoms with Crippen LogP contribution in [0.25, 0.3) is 10.2 Å². The number of para-hydroxylation sites is 1. The molecule has 1 amide bonds. The zero-order valence-corrected chi connectivity index (χ0v) is 17.2. The standard InChI is InChI=1S/C19H15Cl3N2O2S/c20-11-6-7-13(15(22)9-11)18(25)24(10-12-3-2-8-26-12)19-23-17-14(21)4-1-5-16(17)27-19/h1,4-7,9,12H,2-3,8,10H2. The lowest BCUT2D eigenvalue weighted by atomic mass is 10.1. The van der Waals surface area contributed by atoms with E-state index in [1.54, 1.807) is 29.2 Å². The molecular weight excluding hydrogens is 427 g/mol. The van der Waals surface area contributed by atoms with Crippen molar-refractivity contribution >= 4 is 67.4 Å². The van der Waals surface area contributed by atoms with Crippen LogP contribution in [0.2, 0.25) is 15.1 Å². The number of hydrogen-bond acceptors (Lipinski definition) is 4. The molecule has 3 aromatic rings. The summed E-state index contributed by atoms with van der Waals surface area (Å²) in [6.07, 6.45) is 1.87. The number of rotatable bonds is 4. The number of hydrogen-bond donors (Lipinski definition) is 0. The zero-order valence-electron chi connectivity index (χ0n) is 14.1. The Morgan fingerprint density at radius 1 is 1.22 bits per heavy atom. The third-order valence-electron chi connectivity index (χ3n) is 4.41. The summed E-state index contributed by atoms with van der Waals surface area (Å²) in [5, 5.41) is 1.92. The van der Waals surface area contributed by atoms with Gasteiger partial charge in [0.15, 0.2) is 5.13 Å². The van der Waals surface area contributed by atoms with Crippen LogP contribution in [0.4, 0.5) is 5.13 Å². The van der Waals surface area contributed by atoms with Gasteiger partial charge in [-0.15, -0.1) is 0 Å². The topological polar surface area (TPSA) is 42.4 Å². The number of amides is 1. The van der Waals surface area contributed by atoms with E-state index >= 15 is 0 Å². The molecule has 0 bridgehead atoms. The molecular formula is C19H15Cl3N2O2S. The Labute approximate surface area is 175 Å². The molecule has 8 heteroatoms. The van der Waals surface area contributed by atoms with Crippen molar-refractivity contribution in [3.05, 3.63) is 57.0 Å². The fraction of sp³-hybridized carbons (Fsp3) is 0.263. The Morgan fingerprint density at radius 3 is 2.78 bits per heavy atom. The van der Waals surface area contributed by atoms with Crippen molar-refractivity contribution in [2.45, 2.75) is 18.9 Å². The highest BCUT2D eigenvalue weighted by Crippen LogP contribution is 2.35. The average molecular weight is 442 g/mol. The normalized spacial score (nSPS) is 16.8. The quantitative estimate of drug-likeness (QED) is 0.492. The second-order valence-electron chi connectivity index (χ2n) is 6.26. The molecule has 140 valence electrons. The van der Waals surface area contributed by atoms with E-state index in [1.165, 1.54) is 11.3 Å². The van der Waals surface area contributed by atoms with E-state index in [4.69, 9.17) is 39.5 Å². The highest BCUT2D eigenvalue weighted by atomic mass is 35.5. The van der Waals surface area contributed by atoms with Crippen LogP contribution in [0.15, 0.2) is 36.4 Å². The van der Waals surface area contributed by atoms with Gasteiger partial charge in [-0.3, -0.25) is 9.69 Å². The minimum absolute atomic E-state index is 0.0255. The fourth-order valence-electron chi connectivity index (χ4n) is 3.07. The van der Waals surface area contributed by atoms with Crippen LogP contribution in [0.1, 0.15) is 23.2 Å². The van der Waals surface area contributed by atoms with Gasteiger partial charge in [-0.2, -0.15) is 0 Å². The number of halogens is 3. The van der Waals surface area contributed by atoms with Crippen LogP contribution < -0.4 is 4.90 Å². The highest BCUT2D eigenvalue weighted by Gasteiger charge is 2.28. The second kappa shape index (κ2) is 7.94. The Hall–Kier alpha value is -1.37. The molecule has 1 atom stereocenters. The number of ether oxygens (including phenoxy) is 1. The lowest BCUT2D eigenvalue weighted by Crippen LogP contribution is -2.37. The Bertz CT molecular complexity index is 1000. The van der Waals surface area contributed by atoms with Gasteiger partial charge in [0.25, 0.3) is 5.91 Å². The van der Waals surface area contributed by atoms with Crippen LogP contribution in [0, 0.1) is 0 Å². The van der Waals surface area contributed by atoms with Crippen molar-refractivity contribution in [2.75, 3.05) is 18.1 Å². The van der Waals surface area contributed by atoms with Gasteiger partial charge < -0.3 is 4.74 Å². The van der Waals surface area contributed by atoms with E-state index in [1.807, 2.05) is 12.1 Å². The first-order chi connectivity index (χ1) is 13.0. The van der Waals surface area contributed by atoms with Crippen LogP contribution in [0.5, 0.6) is 0 Å². The molecule has 4 nitrogen and oxygen atoms in total. The fourth-order valence-corrected chi connectivity index (χ4v) is 4.83. The maximum absolute atomic E-state index is 13.3. The van der Waals surface area contributed by atoms with Gasteiger partial charge in [-0.1, -0.05) is 52.2 Å². The second-order valence-corrected chi connectivity index (χ2v) is 8.52. The van der Waals surface area contributed by atoms with E-state index in [-0.39, 0.29) is 12.0 Å². The van der Waals surface area contributed by atoms with Crippen LogP contribution in [0.3, 0.4) is 0 Å². The highest BCUT2D eigenvalue weighted by molar-refractivity contribution is 7.22. The first-order valence-electron chi connectivity index (χ1n) is 8.46. The van der Waals surface area contributed by atoms with Gasteiger partial charge in [0.1, 0.15) is 5.52 Å². The molecule has 2 heterocycles. The third kappa shape index (κ3) is 3.93. The summed E-state index contributed by atoms with van der Waals surface area (Å²) in [6, 6.07) is 10.4. The van der Waals surface area contributed by atoms with E-state index in [9.17, 15) is 4.79 Å². The number of carbonyl (C=O) groups excluding carboxylic acids is 1. The van der Waals surface area contributed by atoms with Gasteiger partial charge in [0, 0.05) is 11.6 Å². The van der Waals surface area contributed by atoms with Crippen LogP contribution in [-0.2, 0) is 4.74 Å². The number of anilines is 1. The SMILES string of the molecule is O=C(c1ccc(Cl)cc1Cl)N(CC1CCCO1)c1nc2c(Cl)cccc2s1. The predicted molar refractivity (Wildman–Crippen MR) is 112 cm³/mol. The number of thiazole rings is 1. The lowest BCUT2D eigenvalue weighted by molar-refractivity contribution is 0.0917. The molecule has 1 aliphatic rings. The number of benzene rings is 2. The molecule has 1 unspecified atom stereocenters. The molecule has 1 fully saturated rings. The number of carbonyl (C=O) groups is 1. The van der Waals surface area contributed by atoms with E-state index in [2.05, 4.69) is 4.98 Å². The Morgan fingerprint density at radius 2 is 2.07 bits per heavy atom. The van der Waals surface area contributed by atoms with Crippen molar-refractivity contribution in [1.29, 1.82) is 0 Å². The Balaban J connectivity index is 1.75. The average Bonchev–Trinajstić information content (AvgIpc) is 3.29. The molecule has 0 spiro atoms. The molecule has 0 saturated carbocycles. The third-order valence-corrected chi connectivity index (χ3v) is 6.30. The molecule has 1 aromatic heterocycles. The van der Waals surface area contributed by atoms with Crippen molar-refractivity contribution in [3.8, 4) is 0 Å². The molecule has 1 aliphatic heterocycles. The smallest absolute Gasteiger partial charge is 0.261 e. The van der Waals surface area contributed by atoms with E-state index in [0.29, 0.717) is 44.4 Å². The largest absolute Gasteiger partial charge is 0.376 e. The first-order valence-corrected chi connectivity index (χ1v) is 10.4. The molecule has 4 rings (SSSR count). The summed E-state index contributed by atoms with van der Waals surface area (Å²) in [7, 11) is 0. The van der Waals surface area contributed by atoms with Crippen LogP contribution >= 0.6 is 46.1 Å². The maximum atomic E-state index is 13.3. The maximum Gasteiger partial charge on any atom is 0.261 e. The molecule has 0 N–H and O–H groups in total. The molecule has 0 aliphatic carbocycles. The monoisotopic (exact) mass is 440 g/mol. The van der Waals surface area contributed by atoms with E-state index in [0.717, 1.165) is 17.5 Å². The van der Waals surface area contributed by atoms with Gasteiger partial charge >= 0.3 is 0 Å². The first kappa shape index (κ1) is 19.0. The minimum atomic E-state index is -0.234. The zero-order chi connectivity index (χ0) is 19.0. The van der Waals surface area contributed by atoms with Crippen molar-refractivity contribution in [1.82, 2.24) is 4.98 Å². The van der Waals surface area contributed by atoms with Gasteiger partial charge in [-0.25, -0.2) is 4.98 Å². The molecule has 0 radical (unpaired) electrons. The predicted octanol–water partition coefficient (Wildman–Crippen LogP) is 6.08. The number of nitrogens with zero attached hydrogens (tertiary/aromatic N) is 2. The van der Waals surface area contributed by atoms with Gasteiger partial charge in [-0.05, 0) is 43.2 Å². The van der Waals surface area contributed by atoms with E-state index < -0.39 is 0 Å². The molecule has 2 aromatic carbocycles. The summed E-state index contributed by atoms with van der Waals surface area (Å²) >= 11 is 19.9. The summed E-state index contributed by atoms with van der Waals surface area (Å²) in [4.78, 5) is 19.5. The summed E-state index contributed by atoms with van der Waals surface area (Å²) in [5.74, 6) is -0.234. The van der Waals surface area contributed by atoms with Crippen molar-refractivity contribution < 1.29 is 9.53 Å². The molecule has 1 saturated heterocycles. The Kier molecular flexibility index (Phi) is 5.58. The van der Waals surface area contributed by atoms with Gasteiger partial charge in [0.05, 0.1) is 33.0 Å². The molecule has 27 heavy (non-hydrogen) atoms. The lowest BCUT2D eigenvalue weighted by Gasteiger charge is -2.23. The number of fused-ring (bicyclic) bond motifs is 1. The van der Waals surface area contributed by atoms with Crippen molar-refractivity contribution in [2.24, 2.45) is 0 Å².